The van der Waals surface area contributed by atoms with Gasteiger partial charge in [0.05, 0.1) is 10.3 Å². The second-order valence-electron chi connectivity index (χ2n) is 5.03. The highest BCUT2D eigenvalue weighted by Gasteiger charge is 2.23. The van der Waals surface area contributed by atoms with Crippen molar-refractivity contribution in [1.29, 1.82) is 5.53 Å². The third-order valence-electron chi connectivity index (χ3n) is 2.88. The fraction of sp³-hybridized carbons (Fsp3) is 0.643. The highest BCUT2D eigenvalue weighted by atomic mass is 16.4. The van der Waals surface area contributed by atoms with Gasteiger partial charge in [0, 0.05) is 6.42 Å². The Balaban J connectivity index is 3.97. The van der Waals surface area contributed by atoms with Crippen molar-refractivity contribution in [3.05, 3.63) is 11.6 Å². The predicted molar refractivity (Wildman–Crippen MR) is 69.7 cm³/mol. The molecule has 19 heavy (non-hydrogen) atoms. The van der Waals surface area contributed by atoms with Gasteiger partial charge in [-0.1, -0.05) is 25.0 Å². The zero-order chi connectivity index (χ0) is 14.8. The van der Waals surface area contributed by atoms with Crippen LogP contribution < -0.4 is 5.11 Å². The summed E-state index contributed by atoms with van der Waals surface area (Å²) in [4.78, 5) is 24.6. The second kappa shape index (κ2) is 9.22. The SMILES string of the molecule is CC(C)=CCCC(C)CCCC(=O)C(=[N+]=N)C(=O)[O-]. The number of carboxylic acids is 1. The molecule has 106 valence electrons. The van der Waals surface area contributed by atoms with Gasteiger partial charge >= 0.3 is 5.71 Å². The number of carbonyl (C=O) groups excluding carboxylic acids is 2. The van der Waals surface area contributed by atoms with Crippen molar-refractivity contribution in [3.63, 3.8) is 0 Å². The smallest absolute Gasteiger partial charge is 0.429 e. The molecule has 0 radical (unpaired) electrons. The number of allylic oxidation sites excluding steroid dienone is 2. The standard InChI is InChI=1S/C14H22N2O3/c1-10(2)6-4-7-11(3)8-5-9-12(17)13(16-15)14(18)19/h6,11,15H,4-5,7-9H2,1-3H3. The largest absolute Gasteiger partial charge is 0.538 e. The zero-order valence-corrected chi connectivity index (χ0v) is 11.9. The number of carbonyl (C=O) groups is 2. The van der Waals surface area contributed by atoms with E-state index in [4.69, 9.17) is 5.53 Å². The van der Waals surface area contributed by atoms with Crippen LogP contribution in [0.1, 0.15) is 52.9 Å². The first-order valence-corrected chi connectivity index (χ1v) is 6.50. The van der Waals surface area contributed by atoms with Crippen LogP contribution >= 0.6 is 0 Å². The van der Waals surface area contributed by atoms with Gasteiger partial charge in [0.1, 0.15) is 0 Å². The van der Waals surface area contributed by atoms with Crippen LogP contribution in [0, 0.1) is 11.4 Å². The molecule has 0 aromatic heterocycles. The summed E-state index contributed by atoms with van der Waals surface area (Å²) in [5.41, 5.74) is 7.13. The predicted octanol–water partition coefficient (Wildman–Crippen LogP) is 1.54. The van der Waals surface area contributed by atoms with Gasteiger partial charge in [0.2, 0.25) is 0 Å². The minimum Gasteiger partial charge on any atom is -0.538 e. The Hall–Kier alpha value is -1.74. The highest BCUT2D eigenvalue weighted by Crippen LogP contribution is 2.15. The molecular formula is C14H22N2O3. The molecule has 0 heterocycles. The van der Waals surface area contributed by atoms with Crippen LogP contribution in [0.3, 0.4) is 0 Å². The first-order valence-electron chi connectivity index (χ1n) is 6.50. The minimum atomic E-state index is -1.67. The second-order valence-corrected chi connectivity index (χ2v) is 5.03. The Kier molecular flexibility index (Phi) is 8.38. The molecule has 0 aromatic carbocycles. The van der Waals surface area contributed by atoms with E-state index in [0.717, 1.165) is 19.3 Å². The van der Waals surface area contributed by atoms with Crippen molar-refractivity contribution in [2.75, 3.05) is 0 Å². The number of carboxylic acid groups (broad SMARTS) is 1. The Morgan fingerprint density at radius 3 is 2.42 bits per heavy atom. The number of nitrogens with one attached hydrogen (secondary N) is 1. The summed E-state index contributed by atoms with van der Waals surface area (Å²) in [7, 11) is 0. The van der Waals surface area contributed by atoms with Crippen molar-refractivity contribution in [1.82, 2.24) is 0 Å². The molecule has 0 spiro atoms. The number of hydrogen-bond acceptors (Lipinski definition) is 4. The van der Waals surface area contributed by atoms with Crippen molar-refractivity contribution in [2.45, 2.75) is 52.9 Å². The van der Waals surface area contributed by atoms with E-state index in [1.807, 2.05) is 0 Å². The van der Waals surface area contributed by atoms with Gasteiger partial charge in [-0.3, -0.25) is 4.79 Å². The van der Waals surface area contributed by atoms with Gasteiger partial charge in [-0.15, -0.1) is 0 Å². The molecule has 0 rings (SSSR count). The molecule has 0 amide bonds. The number of Topliss-reactive ketones (excluding diaryl/α,β-unsaturated/α-hetero) is 1. The fourth-order valence-corrected chi connectivity index (χ4v) is 1.75. The van der Waals surface area contributed by atoms with E-state index in [1.54, 1.807) is 0 Å². The van der Waals surface area contributed by atoms with Crippen LogP contribution in [0.4, 0.5) is 0 Å². The van der Waals surface area contributed by atoms with Gasteiger partial charge in [0.25, 0.3) is 5.78 Å². The molecule has 0 aliphatic heterocycles. The molecule has 5 nitrogen and oxygen atoms in total. The van der Waals surface area contributed by atoms with Crippen LogP contribution in [0.25, 0.3) is 0 Å². The maximum atomic E-state index is 11.4. The van der Waals surface area contributed by atoms with Gasteiger partial charge in [0.15, 0.2) is 5.97 Å². The Morgan fingerprint density at radius 2 is 1.95 bits per heavy atom. The third kappa shape index (κ3) is 8.06. The van der Waals surface area contributed by atoms with Crippen LogP contribution in [0.2, 0.25) is 0 Å². The van der Waals surface area contributed by atoms with E-state index in [0.29, 0.717) is 12.3 Å². The molecular weight excluding hydrogens is 244 g/mol. The van der Waals surface area contributed by atoms with E-state index in [1.165, 1.54) is 5.57 Å². The first kappa shape index (κ1) is 17.3. The summed E-state index contributed by atoms with van der Waals surface area (Å²) in [5.74, 6) is -1.80. The highest BCUT2D eigenvalue weighted by molar-refractivity contribution is 6.61. The summed E-state index contributed by atoms with van der Waals surface area (Å²) in [6.07, 6.45) is 5.85. The molecule has 0 saturated heterocycles. The Labute approximate surface area is 113 Å². The monoisotopic (exact) mass is 266 g/mol. The van der Waals surface area contributed by atoms with E-state index in [2.05, 4.69) is 31.6 Å². The molecule has 0 bridgehead atoms. The number of rotatable bonds is 9. The lowest BCUT2D eigenvalue weighted by Gasteiger charge is -2.08. The van der Waals surface area contributed by atoms with Crippen molar-refractivity contribution < 1.29 is 19.5 Å². The molecule has 0 saturated carbocycles. The summed E-state index contributed by atoms with van der Waals surface area (Å²) in [5, 5.41) is 10.5. The maximum Gasteiger partial charge on any atom is 0.429 e. The van der Waals surface area contributed by atoms with Crippen LogP contribution in [-0.4, -0.2) is 22.3 Å². The molecule has 1 atom stereocenters. The molecule has 0 fully saturated rings. The van der Waals surface area contributed by atoms with Gasteiger partial charge in [-0.2, -0.15) is 0 Å². The summed E-state index contributed by atoms with van der Waals surface area (Å²) < 4.78 is 0. The zero-order valence-electron chi connectivity index (χ0n) is 11.9. The summed E-state index contributed by atoms with van der Waals surface area (Å²) >= 11 is 0. The Morgan fingerprint density at radius 1 is 1.32 bits per heavy atom. The molecule has 1 N–H and O–H groups in total. The number of nitrogens with zero attached hydrogens (tertiary/aromatic N) is 1. The quantitative estimate of drug-likeness (QED) is 0.225. The summed E-state index contributed by atoms with van der Waals surface area (Å²) in [6.45, 7) is 6.23. The van der Waals surface area contributed by atoms with Crippen LogP contribution in [0.15, 0.2) is 11.6 Å². The van der Waals surface area contributed by atoms with E-state index in [9.17, 15) is 14.7 Å². The van der Waals surface area contributed by atoms with Crippen molar-refractivity contribution >= 4 is 17.5 Å². The lowest BCUT2D eigenvalue weighted by Crippen LogP contribution is -2.37. The number of ketones is 1. The maximum absolute atomic E-state index is 11.4. The van der Waals surface area contributed by atoms with Crippen molar-refractivity contribution in [2.24, 2.45) is 5.92 Å². The molecule has 0 aliphatic carbocycles. The van der Waals surface area contributed by atoms with E-state index in [-0.39, 0.29) is 6.42 Å². The normalized spacial score (nSPS) is 11.3. The fourth-order valence-electron chi connectivity index (χ4n) is 1.75. The third-order valence-corrected chi connectivity index (χ3v) is 2.88. The molecule has 0 aromatic rings. The summed E-state index contributed by atoms with van der Waals surface area (Å²) in [6, 6.07) is 0. The Bertz CT molecular complexity index is 403. The average molecular weight is 266 g/mol. The molecule has 0 aliphatic rings. The van der Waals surface area contributed by atoms with Crippen molar-refractivity contribution in [3.8, 4) is 0 Å². The van der Waals surface area contributed by atoms with Gasteiger partial charge < -0.3 is 9.90 Å². The van der Waals surface area contributed by atoms with Gasteiger partial charge in [-0.05, 0) is 39.0 Å². The van der Waals surface area contributed by atoms with E-state index < -0.39 is 17.5 Å². The molecule has 5 heteroatoms. The lowest BCUT2D eigenvalue weighted by atomic mass is 9.97. The number of aliphatic carboxylic acids is 1. The van der Waals surface area contributed by atoms with Crippen LogP contribution in [-0.2, 0) is 9.59 Å². The van der Waals surface area contributed by atoms with Crippen LogP contribution in [0.5, 0.6) is 0 Å². The minimum absolute atomic E-state index is 0.110. The van der Waals surface area contributed by atoms with E-state index >= 15 is 0 Å². The average Bonchev–Trinajstić information content (AvgIpc) is 2.28. The van der Waals surface area contributed by atoms with Gasteiger partial charge in [-0.25, -0.2) is 0 Å². The lowest BCUT2D eigenvalue weighted by molar-refractivity contribution is -0.298. The topological polar surface area (TPSA) is 95.2 Å². The molecule has 1 unspecified atom stereocenters. The first-order chi connectivity index (χ1) is 8.88. The number of hydrogen-bond donors (Lipinski definition) is 1.